The fourth-order valence-corrected chi connectivity index (χ4v) is 4.80. The largest absolute Gasteiger partial charge is 0.480 e. The number of carboxylic acid groups (broad SMARTS) is 4. The van der Waals surface area contributed by atoms with Gasteiger partial charge in [0.15, 0.2) is 0 Å². The van der Waals surface area contributed by atoms with E-state index >= 15 is 0 Å². The van der Waals surface area contributed by atoms with E-state index in [0.29, 0.717) is 0 Å². The summed E-state index contributed by atoms with van der Waals surface area (Å²) in [4.78, 5) is 60.2. The molecule has 0 saturated carbocycles. The van der Waals surface area contributed by atoms with Gasteiger partial charge in [0.05, 0.1) is 13.1 Å². The van der Waals surface area contributed by atoms with Gasteiger partial charge >= 0.3 is 23.9 Å². The van der Waals surface area contributed by atoms with Gasteiger partial charge < -0.3 is 36.0 Å². The third-order valence-corrected chi connectivity index (χ3v) is 6.87. The summed E-state index contributed by atoms with van der Waals surface area (Å²) < 4.78 is 0. The van der Waals surface area contributed by atoms with Gasteiger partial charge in [-0.1, -0.05) is 84.5 Å². The molecule has 1 unspecified atom stereocenters. The van der Waals surface area contributed by atoms with Gasteiger partial charge in [0.2, 0.25) is 5.91 Å². The number of nitrogens with zero attached hydrogens (tertiary/aromatic N) is 2. The molecule has 0 saturated heterocycles. The van der Waals surface area contributed by atoms with Crippen LogP contribution in [0, 0.1) is 0 Å². The van der Waals surface area contributed by atoms with Crippen LogP contribution in [-0.2, 0) is 24.0 Å². The normalized spacial score (nSPS) is 12.2. The van der Waals surface area contributed by atoms with Gasteiger partial charge in [0.1, 0.15) is 13.1 Å². The Morgan fingerprint density at radius 2 is 1.14 bits per heavy atom. The third-order valence-electron chi connectivity index (χ3n) is 6.87. The zero-order chi connectivity index (χ0) is 32.5. The molecule has 0 aliphatic carbocycles. The second-order valence-electron chi connectivity index (χ2n) is 10.9. The highest BCUT2D eigenvalue weighted by molar-refractivity contribution is 5.88. The van der Waals surface area contributed by atoms with Crippen LogP contribution in [0.15, 0.2) is 11.8 Å². The summed E-state index contributed by atoms with van der Waals surface area (Å²) in [5.41, 5.74) is 0.138. The van der Waals surface area contributed by atoms with E-state index in [2.05, 4.69) is 17.6 Å². The Morgan fingerprint density at radius 1 is 0.651 bits per heavy atom. The predicted octanol–water partition coefficient (Wildman–Crippen LogP) is 3.00. The van der Waals surface area contributed by atoms with Crippen LogP contribution in [0.3, 0.4) is 0 Å². The van der Waals surface area contributed by atoms with Gasteiger partial charge in [-0.15, -0.1) is 0 Å². The van der Waals surface area contributed by atoms with Crippen molar-refractivity contribution in [2.24, 2.45) is 0 Å². The number of hydrogen-bond donors (Lipinski definition) is 6. The topological polar surface area (TPSA) is 197 Å². The quantitative estimate of drug-likeness (QED) is 0.0533. The van der Waals surface area contributed by atoms with E-state index in [4.69, 9.17) is 10.2 Å². The molecule has 0 aliphatic rings. The molecular formula is C30H54N4O9. The summed E-state index contributed by atoms with van der Waals surface area (Å²) >= 11 is 0. The Kier molecular flexibility index (Phi) is 23.4. The van der Waals surface area contributed by atoms with E-state index in [0.717, 1.165) is 43.4 Å². The van der Waals surface area contributed by atoms with Gasteiger partial charge in [0, 0.05) is 37.4 Å². The minimum atomic E-state index is -1.27. The maximum Gasteiger partial charge on any atom is 0.323 e. The fourth-order valence-electron chi connectivity index (χ4n) is 4.80. The fraction of sp³-hybridized carbons (Fsp3) is 0.767. The Labute approximate surface area is 255 Å². The summed E-state index contributed by atoms with van der Waals surface area (Å²) in [5.74, 6) is -5.38. The van der Waals surface area contributed by atoms with E-state index in [-0.39, 0.29) is 31.4 Å². The van der Waals surface area contributed by atoms with Crippen molar-refractivity contribution in [1.29, 1.82) is 0 Å². The van der Waals surface area contributed by atoms with Crippen molar-refractivity contribution in [2.75, 3.05) is 45.8 Å². The zero-order valence-corrected chi connectivity index (χ0v) is 26.0. The van der Waals surface area contributed by atoms with Gasteiger partial charge in [-0.3, -0.25) is 28.9 Å². The molecule has 0 rings (SSSR count). The van der Waals surface area contributed by atoms with Crippen molar-refractivity contribution in [2.45, 2.75) is 103 Å². The predicted molar refractivity (Wildman–Crippen MR) is 163 cm³/mol. The molecule has 1 amide bonds. The summed E-state index contributed by atoms with van der Waals surface area (Å²) in [5, 5.41) is 42.6. The average molecular weight is 615 g/mol. The number of carbonyl (C=O) groups is 5. The molecule has 0 heterocycles. The average Bonchev–Trinajstić information content (AvgIpc) is 2.89. The zero-order valence-electron chi connectivity index (χ0n) is 26.0. The summed E-state index contributed by atoms with van der Waals surface area (Å²) in [6.07, 6.45) is 15.8. The molecule has 0 aliphatic heterocycles. The van der Waals surface area contributed by atoms with Crippen LogP contribution < -0.4 is 10.6 Å². The third kappa shape index (κ3) is 24.0. The molecule has 43 heavy (non-hydrogen) atoms. The first kappa shape index (κ1) is 39.8. The van der Waals surface area contributed by atoms with Crippen molar-refractivity contribution in [3.63, 3.8) is 0 Å². The minimum absolute atomic E-state index is 0.0490. The van der Waals surface area contributed by atoms with Crippen LogP contribution >= 0.6 is 0 Å². The molecule has 0 bridgehead atoms. The lowest BCUT2D eigenvalue weighted by molar-refractivity contribution is -0.143. The van der Waals surface area contributed by atoms with Crippen LogP contribution in [0.5, 0.6) is 0 Å². The van der Waals surface area contributed by atoms with Crippen molar-refractivity contribution in [3.05, 3.63) is 11.8 Å². The van der Waals surface area contributed by atoms with E-state index in [1.807, 2.05) is 6.92 Å². The van der Waals surface area contributed by atoms with E-state index in [1.54, 1.807) is 0 Å². The van der Waals surface area contributed by atoms with Crippen LogP contribution in [0.2, 0.25) is 0 Å². The first-order chi connectivity index (χ1) is 20.5. The number of hydrogen-bond acceptors (Lipinski definition) is 8. The number of aliphatic carboxylic acids is 4. The smallest absolute Gasteiger partial charge is 0.323 e. The van der Waals surface area contributed by atoms with Crippen LogP contribution in [0.4, 0.5) is 0 Å². The molecule has 0 spiro atoms. The highest BCUT2D eigenvalue weighted by atomic mass is 16.4. The Balaban J connectivity index is 5.20. The molecule has 6 N–H and O–H groups in total. The second kappa shape index (κ2) is 25.3. The van der Waals surface area contributed by atoms with Gasteiger partial charge in [-0.05, 0) is 12.8 Å². The van der Waals surface area contributed by atoms with E-state index in [1.165, 1.54) is 55.9 Å². The summed E-state index contributed by atoms with van der Waals surface area (Å²) in [6.45, 7) is 2.06. The molecule has 0 fully saturated rings. The number of amides is 1. The SMILES string of the molecule is CCCCCCCCCCCCC(CCC)NC(=O)C=C(CNCCN(CC(=O)O)CC(=O)O)N(CC(=O)O)CC(=O)O. The highest BCUT2D eigenvalue weighted by Crippen LogP contribution is 2.14. The summed E-state index contributed by atoms with van der Waals surface area (Å²) in [7, 11) is 0. The molecule has 0 aromatic heterocycles. The maximum atomic E-state index is 13.0. The molecule has 0 radical (unpaired) electrons. The Morgan fingerprint density at radius 3 is 1.60 bits per heavy atom. The first-order valence-electron chi connectivity index (χ1n) is 15.5. The first-order valence-corrected chi connectivity index (χ1v) is 15.5. The molecule has 0 aromatic rings. The van der Waals surface area contributed by atoms with E-state index in [9.17, 15) is 34.2 Å². The molecule has 13 heteroatoms. The second-order valence-corrected chi connectivity index (χ2v) is 10.9. The maximum absolute atomic E-state index is 13.0. The monoisotopic (exact) mass is 614 g/mol. The lowest BCUT2D eigenvalue weighted by Gasteiger charge is -2.25. The number of nitrogens with one attached hydrogen (secondary N) is 2. The van der Waals surface area contributed by atoms with Crippen LogP contribution in [-0.4, -0.2) is 112 Å². The Bertz CT molecular complexity index is 835. The highest BCUT2D eigenvalue weighted by Gasteiger charge is 2.19. The van der Waals surface area contributed by atoms with E-state index < -0.39 is 56.0 Å². The standard InChI is InChI=1S/C30H54N4O9/c1-3-5-6-7-8-9-10-11-12-13-15-24(14-4-2)32-26(35)18-25(34(22-29(40)41)23-30(42)43)19-31-16-17-33(20-27(36)37)21-28(38)39/h18,24,31H,3-17,19-23H2,1-2H3,(H,32,35)(H,36,37)(H,38,39)(H,40,41)(H,42,43). The molecular weight excluding hydrogens is 560 g/mol. The number of unbranched alkanes of at least 4 members (excludes halogenated alkanes) is 9. The number of rotatable bonds is 29. The van der Waals surface area contributed by atoms with Gasteiger partial charge in [0.25, 0.3) is 0 Å². The lowest BCUT2D eigenvalue weighted by atomic mass is 10.0. The van der Waals surface area contributed by atoms with Gasteiger partial charge in [-0.25, -0.2) is 0 Å². The number of carbonyl (C=O) groups excluding carboxylic acids is 1. The molecule has 1 atom stereocenters. The number of carboxylic acids is 4. The lowest BCUT2D eigenvalue weighted by Crippen LogP contribution is -2.42. The van der Waals surface area contributed by atoms with Crippen molar-refractivity contribution in [3.8, 4) is 0 Å². The molecule has 0 aromatic carbocycles. The molecule has 248 valence electrons. The van der Waals surface area contributed by atoms with Crippen molar-refractivity contribution >= 4 is 29.8 Å². The van der Waals surface area contributed by atoms with Crippen LogP contribution in [0.25, 0.3) is 0 Å². The van der Waals surface area contributed by atoms with Crippen molar-refractivity contribution < 1.29 is 44.4 Å². The van der Waals surface area contributed by atoms with Crippen LogP contribution in [0.1, 0.15) is 97.3 Å². The molecule has 13 nitrogen and oxygen atoms in total. The summed E-state index contributed by atoms with van der Waals surface area (Å²) in [6, 6.07) is -0.0648. The minimum Gasteiger partial charge on any atom is -0.480 e. The van der Waals surface area contributed by atoms with Crippen molar-refractivity contribution in [1.82, 2.24) is 20.4 Å². The Hall–Kier alpha value is -3.19. The van der Waals surface area contributed by atoms with Gasteiger partial charge in [-0.2, -0.15) is 0 Å².